The molecule has 7 atom stereocenters. The highest BCUT2D eigenvalue weighted by molar-refractivity contribution is 5.96. The van der Waals surface area contributed by atoms with E-state index in [-0.39, 0.29) is 18.3 Å². The summed E-state index contributed by atoms with van der Waals surface area (Å²) in [5, 5.41) is 33.1. The predicted octanol–water partition coefficient (Wildman–Crippen LogP) is -2.92. The first-order chi connectivity index (χ1) is 19.4. The number of carboxylic acids is 1. The molecule has 0 fully saturated rings. The average molecular weight is 602 g/mol. The van der Waals surface area contributed by atoms with E-state index in [0.29, 0.717) is 6.42 Å². The monoisotopic (exact) mass is 601 g/mol. The highest BCUT2D eigenvalue weighted by Gasteiger charge is 2.31. The SMILES string of the molecule is CC[C@H](C)[C@H](N)C(=O)NCC(=O)N[C@H](C(=O)N[C@@H](CC(C)C)C(=O)N[C@@H](C)C(=O)NCC(=O)N[C@@H](C)C(=O)O)[C@@H](C)O. The Labute approximate surface area is 245 Å². The van der Waals surface area contributed by atoms with Crippen molar-refractivity contribution in [2.45, 2.75) is 97.6 Å². The fraction of sp³-hybridized carbons (Fsp3) is 0.731. The Hall–Kier alpha value is -3.79. The molecule has 16 nitrogen and oxygen atoms in total. The van der Waals surface area contributed by atoms with E-state index in [1.165, 1.54) is 20.8 Å². The van der Waals surface area contributed by atoms with E-state index in [1.54, 1.807) is 20.8 Å². The Morgan fingerprint density at radius 1 is 0.690 bits per heavy atom. The molecule has 0 aromatic heterocycles. The molecule has 10 N–H and O–H groups in total. The summed E-state index contributed by atoms with van der Waals surface area (Å²) in [6.45, 7) is 10.1. The first kappa shape index (κ1) is 38.2. The summed E-state index contributed by atoms with van der Waals surface area (Å²) in [6, 6.07) is -5.73. The van der Waals surface area contributed by atoms with Crippen LogP contribution in [-0.4, -0.2) is 101 Å². The lowest BCUT2D eigenvalue weighted by molar-refractivity contribution is -0.141. The Balaban J connectivity index is 5.22. The highest BCUT2D eigenvalue weighted by Crippen LogP contribution is 2.07. The quantitative estimate of drug-likeness (QED) is 0.0773. The van der Waals surface area contributed by atoms with Gasteiger partial charge in [0.25, 0.3) is 0 Å². The molecular weight excluding hydrogens is 554 g/mol. The van der Waals surface area contributed by atoms with Crippen molar-refractivity contribution in [1.82, 2.24) is 31.9 Å². The lowest BCUT2D eigenvalue weighted by Crippen LogP contribution is -2.59. The van der Waals surface area contributed by atoms with Crippen LogP contribution in [0.25, 0.3) is 0 Å². The number of carbonyl (C=O) groups excluding carboxylic acids is 6. The molecule has 6 amide bonds. The third kappa shape index (κ3) is 14.2. The van der Waals surface area contributed by atoms with E-state index in [4.69, 9.17) is 10.8 Å². The number of carbonyl (C=O) groups is 7. The molecule has 0 aromatic rings. The average Bonchev–Trinajstić information content (AvgIpc) is 2.90. The van der Waals surface area contributed by atoms with Gasteiger partial charge in [0.2, 0.25) is 35.4 Å². The molecule has 0 rings (SSSR count). The minimum Gasteiger partial charge on any atom is -0.480 e. The lowest BCUT2D eigenvalue weighted by Gasteiger charge is -2.26. The van der Waals surface area contributed by atoms with Crippen LogP contribution >= 0.6 is 0 Å². The van der Waals surface area contributed by atoms with Crippen molar-refractivity contribution in [3.8, 4) is 0 Å². The van der Waals surface area contributed by atoms with Crippen molar-refractivity contribution < 1.29 is 43.8 Å². The molecule has 0 aliphatic heterocycles. The Morgan fingerprint density at radius 2 is 1.21 bits per heavy atom. The van der Waals surface area contributed by atoms with Gasteiger partial charge >= 0.3 is 5.97 Å². The molecule has 0 radical (unpaired) electrons. The van der Waals surface area contributed by atoms with Crippen LogP contribution in [0.2, 0.25) is 0 Å². The zero-order chi connectivity index (χ0) is 32.7. The van der Waals surface area contributed by atoms with Crippen molar-refractivity contribution in [3.63, 3.8) is 0 Å². The third-order valence-electron chi connectivity index (χ3n) is 6.33. The highest BCUT2D eigenvalue weighted by atomic mass is 16.4. The number of aliphatic carboxylic acids is 1. The number of hydrogen-bond donors (Lipinski definition) is 9. The minimum atomic E-state index is -1.47. The minimum absolute atomic E-state index is 0.0883. The van der Waals surface area contributed by atoms with Crippen LogP contribution in [0, 0.1) is 11.8 Å². The van der Waals surface area contributed by atoms with Crippen molar-refractivity contribution in [2.24, 2.45) is 17.6 Å². The first-order valence-electron chi connectivity index (χ1n) is 13.8. The van der Waals surface area contributed by atoms with E-state index in [9.17, 15) is 38.7 Å². The van der Waals surface area contributed by atoms with E-state index < -0.39 is 90.8 Å². The summed E-state index contributed by atoms with van der Waals surface area (Å²) < 4.78 is 0. The topological polar surface area (TPSA) is 258 Å². The Morgan fingerprint density at radius 3 is 1.69 bits per heavy atom. The van der Waals surface area contributed by atoms with Gasteiger partial charge in [-0.15, -0.1) is 0 Å². The fourth-order valence-electron chi connectivity index (χ4n) is 3.45. The van der Waals surface area contributed by atoms with Gasteiger partial charge in [-0.25, -0.2) is 0 Å². The van der Waals surface area contributed by atoms with E-state index in [2.05, 4.69) is 31.9 Å². The van der Waals surface area contributed by atoms with Crippen LogP contribution in [0.4, 0.5) is 0 Å². The normalized spacial score (nSPS) is 16.0. The van der Waals surface area contributed by atoms with Gasteiger partial charge in [0.1, 0.15) is 24.2 Å². The zero-order valence-corrected chi connectivity index (χ0v) is 25.3. The maximum Gasteiger partial charge on any atom is 0.325 e. The summed E-state index contributed by atoms with van der Waals surface area (Å²) >= 11 is 0. The number of nitrogens with two attached hydrogens (primary N) is 1. The van der Waals surface area contributed by atoms with Crippen molar-refractivity contribution in [2.75, 3.05) is 13.1 Å². The van der Waals surface area contributed by atoms with E-state index in [1.807, 2.05) is 6.92 Å². The summed E-state index contributed by atoms with van der Waals surface area (Å²) in [7, 11) is 0. The predicted molar refractivity (Wildman–Crippen MR) is 151 cm³/mol. The Kier molecular flexibility index (Phi) is 16.9. The van der Waals surface area contributed by atoms with Crippen LogP contribution in [0.1, 0.15) is 61.3 Å². The van der Waals surface area contributed by atoms with Gasteiger partial charge in [-0.1, -0.05) is 34.1 Å². The number of aliphatic hydroxyl groups excluding tert-OH is 1. The second-order valence-electron chi connectivity index (χ2n) is 10.7. The van der Waals surface area contributed by atoms with E-state index in [0.717, 1.165) is 0 Å². The van der Waals surface area contributed by atoms with Crippen molar-refractivity contribution in [1.29, 1.82) is 0 Å². The largest absolute Gasteiger partial charge is 0.480 e. The maximum absolute atomic E-state index is 13.0. The molecule has 0 spiro atoms. The van der Waals surface area contributed by atoms with Crippen LogP contribution in [0.3, 0.4) is 0 Å². The second kappa shape index (κ2) is 18.6. The van der Waals surface area contributed by atoms with Gasteiger partial charge in [0, 0.05) is 0 Å². The molecule has 0 saturated carbocycles. The number of nitrogens with one attached hydrogen (secondary N) is 6. The van der Waals surface area contributed by atoms with Gasteiger partial charge in [-0.05, 0) is 39.0 Å². The lowest BCUT2D eigenvalue weighted by atomic mass is 9.99. The van der Waals surface area contributed by atoms with Gasteiger partial charge in [0.05, 0.1) is 25.2 Å². The van der Waals surface area contributed by atoms with E-state index >= 15 is 0 Å². The summed E-state index contributed by atoms with van der Waals surface area (Å²) in [4.78, 5) is 85.5. The molecular formula is C26H47N7O9. The standard InChI is InChI=1S/C26H47N7O9/c1-8-13(4)20(27)24(39)29-11-19(36)33-21(16(7)34)25(40)32-17(9-12(2)3)23(38)31-14(5)22(37)28-10-18(35)30-15(6)26(41)42/h12-17,20-21,34H,8-11,27H2,1-7H3,(H,28,37)(H,29,39)(H,30,35)(H,31,38)(H,32,40)(H,33,36)(H,41,42)/t13-,14-,15-,16+,17-,20-,21-/m0/s1. The van der Waals surface area contributed by atoms with Crippen LogP contribution < -0.4 is 37.6 Å². The molecule has 0 aromatic carbocycles. The van der Waals surface area contributed by atoms with Gasteiger partial charge in [-0.2, -0.15) is 0 Å². The third-order valence-corrected chi connectivity index (χ3v) is 6.33. The summed E-state index contributed by atoms with van der Waals surface area (Å²) in [6.07, 6.45) is -0.564. The van der Waals surface area contributed by atoms with Gasteiger partial charge in [-0.3, -0.25) is 33.6 Å². The smallest absolute Gasteiger partial charge is 0.325 e. The van der Waals surface area contributed by atoms with Crippen molar-refractivity contribution in [3.05, 3.63) is 0 Å². The Bertz CT molecular complexity index is 974. The summed E-state index contributed by atoms with van der Waals surface area (Å²) in [5.41, 5.74) is 5.84. The van der Waals surface area contributed by atoms with Crippen LogP contribution in [0.5, 0.6) is 0 Å². The van der Waals surface area contributed by atoms with Crippen molar-refractivity contribution >= 4 is 41.4 Å². The maximum atomic E-state index is 13.0. The summed E-state index contributed by atoms with van der Waals surface area (Å²) in [5.74, 6) is -5.85. The molecule has 0 bridgehead atoms. The number of aliphatic hydroxyl groups is 1. The number of rotatable bonds is 18. The molecule has 0 heterocycles. The molecule has 0 saturated heterocycles. The van der Waals surface area contributed by atoms with Gasteiger partial charge in [0.15, 0.2) is 0 Å². The van der Waals surface area contributed by atoms with Crippen LogP contribution in [0.15, 0.2) is 0 Å². The number of hydrogen-bond acceptors (Lipinski definition) is 9. The molecule has 0 aliphatic rings. The molecule has 240 valence electrons. The molecule has 42 heavy (non-hydrogen) atoms. The molecule has 0 unspecified atom stereocenters. The molecule has 0 aliphatic carbocycles. The zero-order valence-electron chi connectivity index (χ0n) is 25.3. The van der Waals surface area contributed by atoms with Gasteiger partial charge < -0.3 is 47.8 Å². The fourth-order valence-corrected chi connectivity index (χ4v) is 3.45. The molecule has 16 heteroatoms. The van der Waals surface area contributed by atoms with Crippen LogP contribution in [-0.2, 0) is 33.6 Å². The number of amides is 6. The first-order valence-corrected chi connectivity index (χ1v) is 13.8. The number of carboxylic acid groups (broad SMARTS) is 1. The second-order valence-corrected chi connectivity index (χ2v) is 10.7.